The van der Waals surface area contributed by atoms with Gasteiger partial charge < -0.3 is 9.67 Å². The van der Waals surface area contributed by atoms with E-state index >= 15 is 0 Å². The maximum atomic E-state index is 12.9. The highest BCUT2D eigenvalue weighted by Gasteiger charge is 2.32. The SMILES string of the molecule is CC(C)P(=O)(c1ccc(C(=O)O)cc1)C(C)C. The summed E-state index contributed by atoms with van der Waals surface area (Å²) in [5.74, 6) is -0.958. The molecule has 1 rings (SSSR count). The molecular formula is C13H19O3P. The van der Waals surface area contributed by atoms with E-state index in [9.17, 15) is 9.36 Å². The van der Waals surface area contributed by atoms with Crippen molar-refractivity contribution in [3.05, 3.63) is 29.8 Å². The molecule has 4 heteroatoms. The number of hydrogen-bond donors (Lipinski definition) is 1. The molecule has 1 aromatic carbocycles. The Morgan fingerprint density at radius 1 is 1.06 bits per heavy atom. The smallest absolute Gasteiger partial charge is 0.335 e. The van der Waals surface area contributed by atoms with Crippen molar-refractivity contribution >= 4 is 18.4 Å². The minimum atomic E-state index is -2.46. The number of carboxylic acids is 1. The van der Waals surface area contributed by atoms with Crippen molar-refractivity contribution in [3.8, 4) is 0 Å². The van der Waals surface area contributed by atoms with Crippen molar-refractivity contribution in [2.24, 2.45) is 0 Å². The van der Waals surface area contributed by atoms with E-state index in [1.807, 2.05) is 27.7 Å². The van der Waals surface area contributed by atoms with Gasteiger partial charge in [0.2, 0.25) is 0 Å². The average Bonchev–Trinajstić information content (AvgIpc) is 2.27. The highest BCUT2D eigenvalue weighted by molar-refractivity contribution is 7.72. The van der Waals surface area contributed by atoms with Crippen molar-refractivity contribution in [3.63, 3.8) is 0 Å². The number of carbonyl (C=O) groups is 1. The van der Waals surface area contributed by atoms with Gasteiger partial charge in [-0.25, -0.2) is 4.79 Å². The normalized spacial score (nSPS) is 12.1. The van der Waals surface area contributed by atoms with Gasteiger partial charge in [0, 0.05) is 16.6 Å². The third kappa shape index (κ3) is 2.61. The molecule has 1 aromatic rings. The zero-order valence-corrected chi connectivity index (χ0v) is 11.6. The number of rotatable bonds is 4. The van der Waals surface area contributed by atoms with Crippen LogP contribution in [0, 0.1) is 0 Å². The summed E-state index contributed by atoms with van der Waals surface area (Å²) in [4.78, 5) is 10.8. The molecule has 17 heavy (non-hydrogen) atoms. The fraction of sp³-hybridized carbons (Fsp3) is 0.462. The van der Waals surface area contributed by atoms with E-state index < -0.39 is 13.1 Å². The molecule has 0 aromatic heterocycles. The van der Waals surface area contributed by atoms with Gasteiger partial charge in [-0.05, 0) is 12.1 Å². The van der Waals surface area contributed by atoms with Crippen molar-refractivity contribution in [2.45, 2.75) is 39.0 Å². The number of aromatic carboxylic acids is 1. The molecule has 94 valence electrons. The first kappa shape index (κ1) is 14.0. The second-order valence-electron chi connectivity index (χ2n) is 4.75. The van der Waals surface area contributed by atoms with Gasteiger partial charge in [-0.1, -0.05) is 39.8 Å². The molecule has 0 aliphatic rings. The van der Waals surface area contributed by atoms with Crippen LogP contribution in [0.25, 0.3) is 0 Å². The first-order valence-corrected chi connectivity index (χ1v) is 7.58. The molecule has 0 amide bonds. The Morgan fingerprint density at radius 2 is 1.47 bits per heavy atom. The van der Waals surface area contributed by atoms with E-state index in [0.717, 1.165) is 5.30 Å². The average molecular weight is 254 g/mol. The molecule has 0 aliphatic heterocycles. The lowest BCUT2D eigenvalue weighted by atomic mass is 10.2. The quantitative estimate of drug-likeness (QED) is 0.839. The maximum absolute atomic E-state index is 12.9. The molecule has 0 saturated heterocycles. The Kier molecular flexibility index (Phi) is 4.16. The highest BCUT2D eigenvalue weighted by atomic mass is 31.2. The third-order valence-corrected chi connectivity index (χ3v) is 7.23. The van der Waals surface area contributed by atoms with E-state index in [4.69, 9.17) is 5.11 Å². The van der Waals surface area contributed by atoms with Crippen molar-refractivity contribution < 1.29 is 14.5 Å². The van der Waals surface area contributed by atoms with E-state index in [-0.39, 0.29) is 16.9 Å². The standard InChI is InChI=1S/C13H19O3P/c1-9(2)17(16,10(3)4)12-7-5-11(6-8-12)13(14)15/h5-10H,1-4H3,(H,14,15). The van der Waals surface area contributed by atoms with Crippen LogP contribution in [0.15, 0.2) is 24.3 Å². The summed E-state index contributed by atoms with van der Waals surface area (Å²) in [6.07, 6.45) is 0. The fourth-order valence-electron chi connectivity index (χ4n) is 2.03. The van der Waals surface area contributed by atoms with Gasteiger partial charge in [-0.2, -0.15) is 0 Å². The summed E-state index contributed by atoms with van der Waals surface area (Å²) in [6, 6.07) is 6.42. The Hall–Kier alpha value is -1.08. The van der Waals surface area contributed by atoms with Crippen LogP contribution in [-0.4, -0.2) is 22.4 Å². The lowest BCUT2D eigenvalue weighted by molar-refractivity contribution is 0.0697. The van der Waals surface area contributed by atoms with Crippen LogP contribution < -0.4 is 5.30 Å². The van der Waals surface area contributed by atoms with E-state index in [2.05, 4.69) is 0 Å². The molecule has 0 saturated carbocycles. The van der Waals surface area contributed by atoms with Gasteiger partial charge in [0.25, 0.3) is 0 Å². The Morgan fingerprint density at radius 3 is 1.76 bits per heavy atom. The maximum Gasteiger partial charge on any atom is 0.335 e. The molecule has 0 atom stereocenters. The van der Waals surface area contributed by atoms with Crippen LogP contribution >= 0.6 is 7.14 Å². The summed E-state index contributed by atoms with van der Waals surface area (Å²) in [5.41, 5.74) is 0.365. The van der Waals surface area contributed by atoms with Gasteiger partial charge in [-0.15, -0.1) is 0 Å². The van der Waals surface area contributed by atoms with Crippen LogP contribution in [0.5, 0.6) is 0 Å². The fourth-order valence-corrected chi connectivity index (χ4v) is 5.03. The molecule has 3 nitrogen and oxygen atoms in total. The second kappa shape index (κ2) is 5.05. The van der Waals surface area contributed by atoms with E-state index in [0.29, 0.717) is 0 Å². The minimum absolute atomic E-state index is 0.0678. The largest absolute Gasteiger partial charge is 0.478 e. The number of carboxylic acid groups (broad SMARTS) is 1. The molecule has 0 fully saturated rings. The Balaban J connectivity index is 3.23. The summed E-state index contributed by atoms with van der Waals surface area (Å²) >= 11 is 0. The molecule has 0 spiro atoms. The zero-order valence-electron chi connectivity index (χ0n) is 10.7. The van der Waals surface area contributed by atoms with Crippen LogP contribution in [0.4, 0.5) is 0 Å². The van der Waals surface area contributed by atoms with Crippen LogP contribution in [0.3, 0.4) is 0 Å². The first-order chi connectivity index (χ1) is 7.80. The Labute approximate surface area is 102 Å². The monoisotopic (exact) mass is 254 g/mol. The lowest BCUT2D eigenvalue weighted by Gasteiger charge is -2.26. The van der Waals surface area contributed by atoms with E-state index in [1.165, 1.54) is 12.1 Å². The summed E-state index contributed by atoms with van der Waals surface area (Å²) in [5, 5.41) is 9.60. The van der Waals surface area contributed by atoms with E-state index in [1.54, 1.807) is 12.1 Å². The van der Waals surface area contributed by atoms with Crippen molar-refractivity contribution in [2.75, 3.05) is 0 Å². The predicted molar refractivity (Wildman–Crippen MR) is 70.9 cm³/mol. The molecule has 0 bridgehead atoms. The lowest BCUT2D eigenvalue weighted by Crippen LogP contribution is -2.19. The number of benzene rings is 1. The molecule has 0 aliphatic carbocycles. The molecule has 0 unspecified atom stereocenters. The van der Waals surface area contributed by atoms with Gasteiger partial charge >= 0.3 is 5.97 Å². The zero-order chi connectivity index (χ0) is 13.2. The van der Waals surface area contributed by atoms with Crippen LogP contribution in [0.2, 0.25) is 0 Å². The van der Waals surface area contributed by atoms with Gasteiger partial charge in [0.05, 0.1) is 5.56 Å². The van der Waals surface area contributed by atoms with Gasteiger partial charge in [0.15, 0.2) is 0 Å². The summed E-state index contributed by atoms with van der Waals surface area (Å²) < 4.78 is 12.9. The third-order valence-electron chi connectivity index (χ3n) is 3.05. The summed E-state index contributed by atoms with van der Waals surface area (Å²) in [7, 11) is -2.46. The predicted octanol–water partition coefficient (Wildman–Crippen LogP) is 3.19. The topological polar surface area (TPSA) is 54.4 Å². The molecular weight excluding hydrogens is 235 g/mol. The van der Waals surface area contributed by atoms with Gasteiger partial charge in [-0.3, -0.25) is 0 Å². The van der Waals surface area contributed by atoms with Crippen molar-refractivity contribution in [1.82, 2.24) is 0 Å². The first-order valence-electron chi connectivity index (χ1n) is 5.73. The highest BCUT2D eigenvalue weighted by Crippen LogP contribution is 2.53. The van der Waals surface area contributed by atoms with Crippen LogP contribution in [-0.2, 0) is 4.57 Å². The molecule has 1 N–H and O–H groups in total. The van der Waals surface area contributed by atoms with Crippen molar-refractivity contribution in [1.29, 1.82) is 0 Å². The van der Waals surface area contributed by atoms with Crippen LogP contribution in [0.1, 0.15) is 38.1 Å². The minimum Gasteiger partial charge on any atom is -0.478 e. The molecule has 0 radical (unpaired) electrons. The Bertz CT molecular complexity index is 434. The van der Waals surface area contributed by atoms with Gasteiger partial charge in [0.1, 0.15) is 7.14 Å². The summed E-state index contributed by atoms with van der Waals surface area (Å²) in [6.45, 7) is 7.80. The number of hydrogen-bond acceptors (Lipinski definition) is 2. The second-order valence-corrected chi connectivity index (χ2v) is 8.75. The molecule has 0 heterocycles.